The molecule has 31 heavy (non-hydrogen) atoms. The smallest absolute Gasteiger partial charge is 0.337 e. The largest absolute Gasteiger partial charge is 0.478 e. The molecule has 0 unspecified atom stereocenters. The lowest BCUT2D eigenvalue weighted by Gasteiger charge is -2.21. The number of carboxylic acids is 1. The van der Waals surface area contributed by atoms with Crippen LogP contribution in [0.15, 0.2) is 53.6 Å². The van der Waals surface area contributed by atoms with Gasteiger partial charge in [-0.3, -0.25) is 13.8 Å². The van der Waals surface area contributed by atoms with Crippen molar-refractivity contribution in [1.82, 2.24) is 9.78 Å². The van der Waals surface area contributed by atoms with Gasteiger partial charge in [-0.25, -0.2) is 13.2 Å². The van der Waals surface area contributed by atoms with E-state index in [2.05, 4.69) is 10.4 Å². The van der Waals surface area contributed by atoms with Crippen LogP contribution in [0.2, 0.25) is 0 Å². The quantitative estimate of drug-likeness (QED) is 0.605. The number of nitrogens with zero attached hydrogens (tertiary/aromatic N) is 3. The molecule has 9 nitrogen and oxygen atoms in total. The van der Waals surface area contributed by atoms with Gasteiger partial charge in [0.05, 0.1) is 22.3 Å². The normalized spacial score (nSPS) is 11.2. The molecule has 0 aliphatic rings. The molecule has 3 aromatic rings. The maximum atomic E-state index is 13.1. The van der Waals surface area contributed by atoms with E-state index in [0.717, 1.165) is 15.4 Å². The first kappa shape index (κ1) is 22.0. The molecule has 0 atom stereocenters. The Morgan fingerprint density at radius 3 is 2.26 bits per heavy atom. The van der Waals surface area contributed by atoms with Crippen molar-refractivity contribution in [3.8, 4) is 0 Å². The molecule has 162 valence electrons. The molecule has 0 bridgehead atoms. The fourth-order valence-electron chi connectivity index (χ4n) is 3.08. The Labute approximate surface area is 180 Å². The Morgan fingerprint density at radius 2 is 1.65 bits per heavy atom. The van der Waals surface area contributed by atoms with E-state index in [1.54, 1.807) is 25.1 Å². The summed E-state index contributed by atoms with van der Waals surface area (Å²) < 4.78 is 28.4. The standard InChI is InChI=1S/C21H22N4O5S/c1-13-5-8-15(9-6-13)31(29,30)25(4)20-17(12-22-24(20)3)19(26)23-18-10-7-14(2)11-16(18)21(27)28/h5-12H,1-4H3,(H,23,26)(H,27,28). The Kier molecular flexibility index (Phi) is 5.85. The SMILES string of the molecule is Cc1ccc(S(=O)(=O)N(C)c2c(C(=O)Nc3ccc(C)cc3C(=O)O)cnn2C)cc1. The van der Waals surface area contributed by atoms with E-state index in [1.807, 2.05) is 6.92 Å². The molecule has 2 N–H and O–H groups in total. The first-order chi connectivity index (χ1) is 14.5. The summed E-state index contributed by atoms with van der Waals surface area (Å²) in [6.07, 6.45) is 1.24. The number of aromatic nitrogens is 2. The number of carbonyl (C=O) groups is 2. The van der Waals surface area contributed by atoms with Gasteiger partial charge in [-0.2, -0.15) is 5.10 Å². The molecule has 1 amide bonds. The van der Waals surface area contributed by atoms with Crippen LogP contribution in [0.5, 0.6) is 0 Å². The van der Waals surface area contributed by atoms with Crippen LogP contribution in [0.3, 0.4) is 0 Å². The van der Waals surface area contributed by atoms with E-state index >= 15 is 0 Å². The second-order valence-electron chi connectivity index (χ2n) is 7.10. The van der Waals surface area contributed by atoms with E-state index in [4.69, 9.17) is 0 Å². The third-order valence-corrected chi connectivity index (χ3v) is 6.55. The number of sulfonamides is 1. The van der Waals surface area contributed by atoms with Crippen molar-refractivity contribution in [2.24, 2.45) is 7.05 Å². The number of aromatic carboxylic acids is 1. The third-order valence-electron chi connectivity index (χ3n) is 4.78. The Bertz CT molecular complexity index is 1260. The number of hydrogen-bond acceptors (Lipinski definition) is 5. The van der Waals surface area contributed by atoms with Crippen LogP contribution in [0, 0.1) is 13.8 Å². The predicted molar refractivity (Wildman–Crippen MR) is 116 cm³/mol. The molecule has 2 aromatic carbocycles. The molecule has 10 heteroatoms. The van der Waals surface area contributed by atoms with Crippen molar-refractivity contribution >= 4 is 33.4 Å². The van der Waals surface area contributed by atoms with Gasteiger partial charge in [-0.1, -0.05) is 29.3 Å². The minimum Gasteiger partial charge on any atom is -0.478 e. The molecule has 1 heterocycles. The van der Waals surface area contributed by atoms with Crippen LogP contribution in [0.4, 0.5) is 11.5 Å². The average molecular weight is 442 g/mol. The van der Waals surface area contributed by atoms with Gasteiger partial charge in [0, 0.05) is 14.1 Å². The molecule has 1 aromatic heterocycles. The van der Waals surface area contributed by atoms with Gasteiger partial charge < -0.3 is 10.4 Å². The summed E-state index contributed by atoms with van der Waals surface area (Å²) in [5, 5.41) is 16.0. The predicted octanol–water partition coefficient (Wildman–Crippen LogP) is 2.81. The molecule has 3 rings (SSSR count). The molecular weight excluding hydrogens is 420 g/mol. The van der Waals surface area contributed by atoms with Crippen LogP contribution in [0.25, 0.3) is 0 Å². The lowest BCUT2D eigenvalue weighted by atomic mass is 10.1. The zero-order chi connectivity index (χ0) is 22.9. The van der Waals surface area contributed by atoms with Gasteiger partial charge in [0.1, 0.15) is 5.56 Å². The summed E-state index contributed by atoms with van der Waals surface area (Å²) >= 11 is 0. The van der Waals surface area contributed by atoms with Crippen molar-refractivity contribution < 1.29 is 23.1 Å². The Hall–Kier alpha value is -3.66. The van der Waals surface area contributed by atoms with Gasteiger partial charge in [0.15, 0.2) is 5.82 Å². The zero-order valence-electron chi connectivity index (χ0n) is 17.4. The highest BCUT2D eigenvalue weighted by Crippen LogP contribution is 2.27. The van der Waals surface area contributed by atoms with Gasteiger partial charge in [0.2, 0.25) is 0 Å². The van der Waals surface area contributed by atoms with Crippen molar-refractivity contribution in [1.29, 1.82) is 0 Å². The molecular formula is C21H22N4O5S. The number of rotatable bonds is 6. The van der Waals surface area contributed by atoms with Crippen LogP contribution in [-0.4, -0.2) is 42.2 Å². The van der Waals surface area contributed by atoms with Crippen molar-refractivity contribution in [3.05, 3.63) is 70.9 Å². The molecule has 0 spiro atoms. The topological polar surface area (TPSA) is 122 Å². The Balaban J connectivity index is 1.98. The monoisotopic (exact) mass is 442 g/mol. The fraction of sp³-hybridized carbons (Fsp3) is 0.190. The number of nitrogens with one attached hydrogen (secondary N) is 1. The number of aryl methyl sites for hydroxylation is 3. The van der Waals surface area contributed by atoms with Crippen molar-refractivity contribution in [2.75, 3.05) is 16.7 Å². The lowest BCUT2D eigenvalue weighted by Crippen LogP contribution is -2.30. The summed E-state index contributed by atoms with van der Waals surface area (Å²) in [5.41, 5.74) is 1.65. The lowest BCUT2D eigenvalue weighted by molar-refractivity contribution is 0.0698. The molecule has 0 fully saturated rings. The number of carbonyl (C=O) groups excluding carboxylic acids is 1. The van der Waals surface area contributed by atoms with Crippen LogP contribution < -0.4 is 9.62 Å². The second-order valence-corrected chi connectivity index (χ2v) is 9.07. The first-order valence-electron chi connectivity index (χ1n) is 9.25. The Morgan fingerprint density at radius 1 is 1.03 bits per heavy atom. The number of benzene rings is 2. The summed E-state index contributed by atoms with van der Waals surface area (Å²) in [6, 6.07) is 10.9. The van der Waals surface area contributed by atoms with E-state index < -0.39 is 21.9 Å². The zero-order valence-corrected chi connectivity index (χ0v) is 18.3. The summed E-state index contributed by atoms with van der Waals surface area (Å²) in [4.78, 5) is 24.5. The third kappa shape index (κ3) is 4.29. The minimum atomic E-state index is -3.96. The van der Waals surface area contributed by atoms with Gasteiger partial charge in [0.25, 0.3) is 15.9 Å². The van der Waals surface area contributed by atoms with Gasteiger partial charge in [-0.15, -0.1) is 0 Å². The van der Waals surface area contributed by atoms with Crippen LogP contribution in [0.1, 0.15) is 31.8 Å². The molecule has 0 radical (unpaired) electrons. The highest BCUT2D eigenvalue weighted by Gasteiger charge is 2.29. The van der Waals surface area contributed by atoms with E-state index in [0.29, 0.717) is 0 Å². The number of anilines is 2. The number of hydrogen-bond donors (Lipinski definition) is 2. The molecule has 0 saturated carbocycles. The second kappa shape index (κ2) is 8.23. The summed E-state index contributed by atoms with van der Waals surface area (Å²) in [7, 11) is -1.11. The van der Waals surface area contributed by atoms with Crippen LogP contribution in [-0.2, 0) is 17.1 Å². The maximum Gasteiger partial charge on any atom is 0.337 e. The fourth-order valence-corrected chi connectivity index (χ4v) is 4.32. The number of amides is 1. The van der Waals surface area contributed by atoms with E-state index in [-0.39, 0.29) is 27.5 Å². The van der Waals surface area contributed by atoms with E-state index in [9.17, 15) is 23.1 Å². The first-order valence-corrected chi connectivity index (χ1v) is 10.7. The van der Waals surface area contributed by atoms with Crippen molar-refractivity contribution in [3.63, 3.8) is 0 Å². The van der Waals surface area contributed by atoms with E-state index in [1.165, 1.54) is 49.2 Å². The molecule has 0 aliphatic heterocycles. The van der Waals surface area contributed by atoms with Gasteiger partial charge >= 0.3 is 5.97 Å². The molecule has 0 aliphatic carbocycles. The number of carboxylic acid groups (broad SMARTS) is 1. The van der Waals surface area contributed by atoms with Crippen molar-refractivity contribution in [2.45, 2.75) is 18.7 Å². The average Bonchev–Trinajstić information content (AvgIpc) is 3.10. The summed E-state index contributed by atoms with van der Waals surface area (Å²) in [6.45, 7) is 3.59. The van der Waals surface area contributed by atoms with Gasteiger partial charge in [-0.05, 0) is 38.1 Å². The highest BCUT2D eigenvalue weighted by atomic mass is 32.2. The van der Waals surface area contributed by atoms with Crippen LogP contribution >= 0.6 is 0 Å². The highest BCUT2D eigenvalue weighted by molar-refractivity contribution is 7.92. The summed E-state index contributed by atoms with van der Waals surface area (Å²) in [5.74, 6) is -1.83. The molecule has 0 saturated heterocycles. The maximum absolute atomic E-state index is 13.1. The minimum absolute atomic E-state index is 0.0161.